The Bertz CT molecular complexity index is 1120. The van der Waals surface area contributed by atoms with Crippen LogP contribution in [-0.4, -0.2) is 57.4 Å². The lowest BCUT2D eigenvalue weighted by Gasteiger charge is -2.38. The molecular formula is C22H23ClN2O6S. The summed E-state index contributed by atoms with van der Waals surface area (Å²) in [4.78, 5) is 27.2. The minimum atomic E-state index is -3.76. The fourth-order valence-electron chi connectivity index (χ4n) is 4.04. The van der Waals surface area contributed by atoms with Crippen LogP contribution in [0.2, 0.25) is 5.02 Å². The number of hydrogen-bond acceptors (Lipinski definition) is 6. The van der Waals surface area contributed by atoms with Gasteiger partial charge in [0.2, 0.25) is 22.0 Å². The first kappa shape index (κ1) is 22.6. The van der Waals surface area contributed by atoms with Crippen LogP contribution in [0.5, 0.6) is 5.75 Å². The van der Waals surface area contributed by atoms with Crippen molar-refractivity contribution in [1.29, 1.82) is 0 Å². The number of sulfonamides is 1. The largest absolute Gasteiger partial charge is 0.475 e. The number of piperidine rings is 1. The maximum absolute atomic E-state index is 13.5. The summed E-state index contributed by atoms with van der Waals surface area (Å²) in [6.45, 7) is 0.397. The second-order valence-electron chi connectivity index (χ2n) is 7.70. The third-order valence-electron chi connectivity index (χ3n) is 5.69. The Kier molecular flexibility index (Phi) is 6.41. The zero-order chi connectivity index (χ0) is 22.9. The van der Waals surface area contributed by atoms with Crippen LogP contribution in [-0.2, 0) is 24.3 Å². The first-order chi connectivity index (χ1) is 15.3. The zero-order valence-corrected chi connectivity index (χ0v) is 19.0. The molecule has 2 heterocycles. The van der Waals surface area contributed by atoms with Crippen molar-refractivity contribution in [1.82, 2.24) is 4.31 Å². The summed E-state index contributed by atoms with van der Waals surface area (Å²) in [5, 5.41) is 0.446. The maximum Gasteiger partial charge on any atom is 0.348 e. The van der Waals surface area contributed by atoms with E-state index in [1.165, 1.54) is 40.6 Å². The molecule has 0 spiro atoms. The quantitative estimate of drug-likeness (QED) is 0.627. The number of carbonyl (C=O) groups excluding carboxylic acids is 2. The Balaban J connectivity index is 1.57. The van der Waals surface area contributed by atoms with Gasteiger partial charge >= 0.3 is 5.97 Å². The Morgan fingerprint density at radius 3 is 2.53 bits per heavy atom. The number of esters is 1. The molecule has 2 aromatic carbocycles. The van der Waals surface area contributed by atoms with Gasteiger partial charge in [0.15, 0.2) is 0 Å². The van der Waals surface area contributed by atoms with Crippen LogP contribution in [0.3, 0.4) is 0 Å². The third-order valence-corrected chi connectivity index (χ3v) is 7.82. The maximum atomic E-state index is 13.5. The highest BCUT2D eigenvalue weighted by molar-refractivity contribution is 7.89. The Labute approximate surface area is 191 Å². The van der Waals surface area contributed by atoms with Crippen LogP contribution >= 0.6 is 11.6 Å². The lowest BCUT2D eigenvalue weighted by Crippen LogP contribution is -2.52. The molecule has 170 valence electrons. The van der Waals surface area contributed by atoms with Gasteiger partial charge in [0.05, 0.1) is 30.2 Å². The molecule has 2 aliphatic rings. The number of para-hydroxylation sites is 2. The summed E-state index contributed by atoms with van der Waals surface area (Å²) in [5.74, 6) is -0.960. The first-order valence-electron chi connectivity index (χ1n) is 10.2. The van der Waals surface area contributed by atoms with E-state index in [1.54, 1.807) is 24.3 Å². The molecule has 0 radical (unpaired) electrons. The van der Waals surface area contributed by atoms with Crippen LogP contribution in [0.25, 0.3) is 0 Å². The van der Waals surface area contributed by atoms with E-state index in [9.17, 15) is 18.0 Å². The number of methoxy groups -OCH3 is 1. The predicted molar refractivity (Wildman–Crippen MR) is 118 cm³/mol. The van der Waals surface area contributed by atoms with Crippen molar-refractivity contribution < 1.29 is 27.5 Å². The highest BCUT2D eigenvalue weighted by Crippen LogP contribution is 2.35. The average Bonchev–Trinajstić information content (AvgIpc) is 2.82. The molecule has 2 atom stereocenters. The van der Waals surface area contributed by atoms with Gasteiger partial charge < -0.3 is 14.4 Å². The Hall–Kier alpha value is -2.62. The van der Waals surface area contributed by atoms with E-state index < -0.39 is 28.0 Å². The fourth-order valence-corrected chi connectivity index (χ4v) is 5.69. The molecule has 1 saturated heterocycles. The third kappa shape index (κ3) is 4.32. The van der Waals surface area contributed by atoms with Crippen LogP contribution in [0.15, 0.2) is 53.4 Å². The van der Waals surface area contributed by atoms with Crippen molar-refractivity contribution in [2.75, 3.05) is 31.6 Å². The van der Waals surface area contributed by atoms with Crippen molar-refractivity contribution in [2.45, 2.75) is 23.8 Å². The summed E-state index contributed by atoms with van der Waals surface area (Å²) in [7, 11) is -2.50. The molecule has 10 heteroatoms. The minimum absolute atomic E-state index is 0.00293. The van der Waals surface area contributed by atoms with Crippen molar-refractivity contribution in [2.24, 2.45) is 5.92 Å². The number of amides is 1. The van der Waals surface area contributed by atoms with Gasteiger partial charge in [-0.3, -0.25) is 4.79 Å². The summed E-state index contributed by atoms with van der Waals surface area (Å²) < 4.78 is 38.0. The molecular weight excluding hydrogens is 456 g/mol. The summed E-state index contributed by atoms with van der Waals surface area (Å²) in [6, 6.07) is 12.9. The van der Waals surface area contributed by atoms with Crippen molar-refractivity contribution in [3.63, 3.8) is 0 Å². The molecule has 2 aliphatic heterocycles. The molecule has 0 aliphatic carbocycles. The molecule has 4 rings (SSSR count). The average molecular weight is 479 g/mol. The van der Waals surface area contributed by atoms with Crippen LogP contribution < -0.4 is 9.64 Å². The molecule has 0 N–H and O–H groups in total. The fraction of sp³-hybridized carbons (Fsp3) is 0.364. The van der Waals surface area contributed by atoms with E-state index in [0.717, 1.165) is 0 Å². The van der Waals surface area contributed by atoms with E-state index in [4.69, 9.17) is 21.1 Å². The van der Waals surface area contributed by atoms with Gasteiger partial charge in [-0.05, 0) is 49.2 Å². The molecule has 8 nitrogen and oxygen atoms in total. The van der Waals surface area contributed by atoms with E-state index >= 15 is 0 Å². The van der Waals surface area contributed by atoms with E-state index in [1.807, 2.05) is 0 Å². The lowest BCUT2D eigenvalue weighted by molar-refractivity contribution is -0.148. The summed E-state index contributed by atoms with van der Waals surface area (Å²) in [5.41, 5.74) is 0.551. The molecule has 0 saturated carbocycles. The van der Waals surface area contributed by atoms with E-state index in [-0.39, 0.29) is 23.9 Å². The van der Waals surface area contributed by atoms with Gasteiger partial charge in [0.25, 0.3) is 0 Å². The smallest absolute Gasteiger partial charge is 0.348 e. The highest BCUT2D eigenvalue weighted by Gasteiger charge is 2.40. The number of ether oxygens (including phenoxy) is 2. The molecule has 1 fully saturated rings. The second-order valence-corrected chi connectivity index (χ2v) is 10.1. The summed E-state index contributed by atoms with van der Waals surface area (Å²) >= 11 is 5.88. The van der Waals surface area contributed by atoms with Crippen molar-refractivity contribution in [3.8, 4) is 5.75 Å². The van der Waals surface area contributed by atoms with E-state index in [2.05, 4.69) is 0 Å². The molecule has 32 heavy (non-hydrogen) atoms. The zero-order valence-electron chi connectivity index (χ0n) is 17.4. The lowest BCUT2D eigenvalue weighted by atomic mass is 9.97. The number of halogens is 1. The Morgan fingerprint density at radius 2 is 1.81 bits per heavy atom. The molecule has 0 bridgehead atoms. The van der Waals surface area contributed by atoms with Crippen molar-refractivity contribution >= 4 is 39.2 Å². The van der Waals surface area contributed by atoms with Gasteiger partial charge in [-0.2, -0.15) is 4.31 Å². The van der Waals surface area contributed by atoms with Crippen LogP contribution in [0, 0.1) is 5.92 Å². The number of rotatable bonds is 4. The number of anilines is 1. The van der Waals surface area contributed by atoms with Crippen LogP contribution in [0.1, 0.15) is 12.8 Å². The van der Waals surface area contributed by atoms with Gasteiger partial charge in [-0.1, -0.05) is 23.7 Å². The predicted octanol–water partition coefficient (Wildman–Crippen LogP) is 2.71. The monoisotopic (exact) mass is 478 g/mol. The second kappa shape index (κ2) is 9.09. The number of nitrogens with zero attached hydrogens (tertiary/aromatic N) is 2. The minimum Gasteiger partial charge on any atom is -0.475 e. The molecule has 0 unspecified atom stereocenters. The standard InChI is InChI=1S/C22H23ClN2O6S/c1-30-22(27)20-14-25(18-6-2-3-7-19(18)31-20)21(26)15-5-4-12-24(13-15)32(28,29)17-10-8-16(23)9-11-17/h2-3,6-11,15,20H,4-5,12-14H2,1H3/t15-,20+/m1/s1. The molecule has 0 aromatic heterocycles. The number of carbonyl (C=O) groups is 2. The first-order valence-corrected chi connectivity index (χ1v) is 12.0. The van der Waals surface area contributed by atoms with Gasteiger partial charge in [-0.25, -0.2) is 13.2 Å². The van der Waals surface area contributed by atoms with Crippen molar-refractivity contribution in [3.05, 3.63) is 53.6 Å². The topological polar surface area (TPSA) is 93.2 Å². The number of fused-ring (bicyclic) bond motifs is 1. The van der Waals surface area contributed by atoms with Gasteiger partial charge in [-0.15, -0.1) is 0 Å². The van der Waals surface area contributed by atoms with Gasteiger partial charge in [0.1, 0.15) is 5.75 Å². The molecule has 2 aromatic rings. The molecule has 1 amide bonds. The number of hydrogen-bond donors (Lipinski definition) is 0. The summed E-state index contributed by atoms with van der Waals surface area (Å²) in [6.07, 6.45) is 0.153. The SMILES string of the molecule is COC(=O)[C@@H]1CN(C(=O)[C@@H]2CCCN(S(=O)(=O)c3ccc(Cl)cc3)C2)c2ccccc2O1. The van der Waals surface area contributed by atoms with E-state index in [0.29, 0.717) is 35.8 Å². The van der Waals surface area contributed by atoms with Gasteiger partial charge in [0, 0.05) is 18.1 Å². The van der Waals surface area contributed by atoms with Crippen LogP contribution in [0.4, 0.5) is 5.69 Å². The highest BCUT2D eigenvalue weighted by atomic mass is 35.5. The normalized spacial score (nSPS) is 21.4. The Morgan fingerprint density at radius 1 is 1.09 bits per heavy atom. The number of benzene rings is 2.